The molecule has 0 bridgehead atoms. The second-order valence-electron chi connectivity index (χ2n) is 4.57. The van der Waals surface area contributed by atoms with E-state index in [9.17, 15) is 8.78 Å². The Hall–Kier alpha value is -1.30. The molecular weight excluding hydrogens is 278 g/mol. The second kappa shape index (κ2) is 6.92. The van der Waals surface area contributed by atoms with Gasteiger partial charge in [-0.15, -0.1) is 11.3 Å². The van der Waals surface area contributed by atoms with E-state index in [1.807, 2.05) is 18.4 Å². The largest absolute Gasteiger partial charge is 0.329 e. The monoisotopic (exact) mass is 296 g/mol. The summed E-state index contributed by atoms with van der Waals surface area (Å²) in [6.45, 7) is 3.95. The maximum atomic E-state index is 13.4. The molecule has 0 fully saturated rings. The van der Waals surface area contributed by atoms with Crippen LogP contribution in [0.1, 0.15) is 23.4 Å². The van der Waals surface area contributed by atoms with E-state index >= 15 is 0 Å². The number of nitrogens with zero attached hydrogens (tertiary/aromatic N) is 1. The Morgan fingerprint density at radius 2 is 2.05 bits per heavy atom. The van der Waals surface area contributed by atoms with Gasteiger partial charge < -0.3 is 5.73 Å². The minimum Gasteiger partial charge on any atom is -0.329 e. The van der Waals surface area contributed by atoms with Crippen LogP contribution in [0.2, 0.25) is 0 Å². The Labute approximate surface area is 121 Å². The van der Waals surface area contributed by atoms with E-state index in [0.717, 1.165) is 19.2 Å². The first-order chi connectivity index (χ1) is 9.65. The maximum absolute atomic E-state index is 13.4. The number of nitrogens with two attached hydrogens (primary N) is 1. The molecule has 0 aliphatic carbocycles. The van der Waals surface area contributed by atoms with Gasteiger partial charge in [-0.05, 0) is 35.7 Å². The highest BCUT2D eigenvalue weighted by Crippen LogP contribution is 2.24. The summed E-state index contributed by atoms with van der Waals surface area (Å²) in [5, 5.41) is 2.03. The molecule has 108 valence electrons. The van der Waals surface area contributed by atoms with E-state index in [1.165, 1.54) is 10.9 Å². The van der Waals surface area contributed by atoms with Gasteiger partial charge in [-0.3, -0.25) is 4.90 Å². The molecule has 1 unspecified atom stereocenters. The van der Waals surface area contributed by atoms with Gasteiger partial charge in [-0.1, -0.05) is 19.1 Å². The van der Waals surface area contributed by atoms with E-state index in [0.29, 0.717) is 12.1 Å². The van der Waals surface area contributed by atoms with Crippen LogP contribution in [0.25, 0.3) is 0 Å². The molecule has 0 aliphatic rings. The Morgan fingerprint density at radius 3 is 2.60 bits per heavy atom. The number of halogens is 2. The summed E-state index contributed by atoms with van der Waals surface area (Å²) < 4.78 is 26.4. The number of hydrogen-bond acceptors (Lipinski definition) is 3. The van der Waals surface area contributed by atoms with Gasteiger partial charge in [0.2, 0.25) is 0 Å². The average Bonchev–Trinajstić information content (AvgIpc) is 2.95. The fraction of sp³-hybridized carbons (Fsp3) is 0.333. The van der Waals surface area contributed by atoms with Crippen LogP contribution >= 0.6 is 11.3 Å². The van der Waals surface area contributed by atoms with E-state index in [4.69, 9.17) is 5.73 Å². The van der Waals surface area contributed by atoms with Crippen molar-refractivity contribution in [3.05, 3.63) is 57.8 Å². The predicted octanol–water partition coefficient (Wildman–Crippen LogP) is 3.55. The van der Waals surface area contributed by atoms with Crippen molar-refractivity contribution in [3.63, 3.8) is 0 Å². The lowest BCUT2D eigenvalue weighted by atomic mass is 10.0. The van der Waals surface area contributed by atoms with E-state index < -0.39 is 11.6 Å². The highest BCUT2D eigenvalue weighted by Gasteiger charge is 2.19. The van der Waals surface area contributed by atoms with Gasteiger partial charge in [-0.2, -0.15) is 0 Å². The highest BCUT2D eigenvalue weighted by atomic mass is 32.1. The van der Waals surface area contributed by atoms with Crippen LogP contribution in [0.3, 0.4) is 0 Å². The number of likely N-dealkylation sites (N-methyl/N-ethyl adjacent to an activating group) is 1. The molecule has 0 aliphatic heterocycles. The van der Waals surface area contributed by atoms with E-state index in [2.05, 4.69) is 11.0 Å². The van der Waals surface area contributed by atoms with Crippen molar-refractivity contribution in [3.8, 4) is 0 Å². The lowest BCUT2D eigenvalue weighted by molar-refractivity contribution is 0.205. The van der Waals surface area contributed by atoms with Gasteiger partial charge in [-0.25, -0.2) is 8.78 Å². The second-order valence-corrected chi connectivity index (χ2v) is 5.60. The molecule has 2 aromatic rings. The lowest BCUT2D eigenvalue weighted by Crippen LogP contribution is -2.33. The molecule has 1 aromatic heterocycles. The van der Waals surface area contributed by atoms with Crippen molar-refractivity contribution < 1.29 is 8.78 Å². The van der Waals surface area contributed by atoms with Crippen LogP contribution in [0.15, 0.2) is 35.7 Å². The number of rotatable bonds is 6. The zero-order valence-corrected chi connectivity index (χ0v) is 12.2. The highest BCUT2D eigenvalue weighted by molar-refractivity contribution is 7.09. The molecule has 2 N–H and O–H groups in total. The van der Waals surface area contributed by atoms with Crippen molar-refractivity contribution >= 4 is 11.3 Å². The number of benzene rings is 1. The van der Waals surface area contributed by atoms with Gasteiger partial charge in [0, 0.05) is 24.0 Å². The standard InChI is InChI=1S/C15H18F2N2S/c1-2-19(10-12-4-3-7-20-12)15(9-18)11-5-6-13(16)14(17)8-11/h3-8,15H,2,9-10,18H2,1H3. The quantitative estimate of drug-likeness (QED) is 0.883. The number of thiophene rings is 1. The molecule has 20 heavy (non-hydrogen) atoms. The van der Waals surface area contributed by atoms with Gasteiger partial charge in [0.15, 0.2) is 11.6 Å². The van der Waals surface area contributed by atoms with Crippen LogP contribution < -0.4 is 5.73 Å². The molecule has 0 amide bonds. The molecular formula is C15H18F2N2S. The fourth-order valence-corrected chi connectivity index (χ4v) is 2.99. The Kier molecular flexibility index (Phi) is 5.23. The third-order valence-electron chi connectivity index (χ3n) is 3.34. The third-order valence-corrected chi connectivity index (χ3v) is 4.20. The topological polar surface area (TPSA) is 29.3 Å². The van der Waals surface area contributed by atoms with Crippen LogP contribution in [0.4, 0.5) is 8.78 Å². The zero-order chi connectivity index (χ0) is 14.5. The molecule has 5 heteroatoms. The van der Waals surface area contributed by atoms with Gasteiger partial charge in [0.1, 0.15) is 0 Å². The molecule has 1 heterocycles. The van der Waals surface area contributed by atoms with Crippen molar-refractivity contribution in [2.75, 3.05) is 13.1 Å². The molecule has 1 aromatic carbocycles. The first-order valence-corrected chi connectivity index (χ1v) is 7.45. The molecule has 0 saturated heterocycles. The van der Waals surface area contributed by atoms with Crippen molar-refractivity contribution in [2.24, 2.45) is 5.73 Å². The summed E-state index contributed by atoms with van der Waals surface area (Å²) in [5.74, 6) is -1.65. The Balaban J connectivity index is 2.21. The van der Waals surface area contributed by atoms with E-state index in [-0.39, 0.29) is 6.04 Å². The van der Waals surface area contributed by atoms with Crippen molar-refractivity contribution in [2.45, 2.75) is 19.5 Å². The third kappa shape index (κ3) is 3.42. The lowest BCUT2D eigenvalue weighted by Gasteiger charge is -2.29. The first-order valence-electron chi connectivity index (χ1n) is 6.57. The SMILES string of the molecule is CCN(Cc1cccs1)C(CN)c1ccc(F)c(F)c1. The van der Waals surface area contributed by atoms with Gasteiger partial charge >= 0.3 is 0 Å². The summed E-state index contributed by atoms with van der Waals surface area (Å²) in [4.78, 5) is 3.39. The fourth-order valence-electron chi connectivity index (χ4n) is 2.26. The summed E-state index contributed by atoms with van der Waals surface area (Å²) >= 11 is 1.68. The Morgan fingerprint density at radius 1 is 1.25 bits per heavy atom. The Bertz CT molecular complexity index is 543. The average molecular weight is 296 g/mol. The minimum absolute atomic E-state index is 0.114. The summed E-state index contributed by atoms with van der Waals surface area (Å²) in [7, 11) is 0. The van der Waals surface area contributed by atoms with Crippen molar-refractivity contribution in [1.29, 1.82) is 0 Å². The summed E-state index contributed by atoms with van der Waals surface area (Å²) in [5.41, 5.74) is 6.56. The maximum Gasteiger partial charge on any atom is 0.159 e. The van der Waals surface area contributed by atoms with E-state index in [1.54, 1.807) is 17.4 Å². The minimum atomic E-state index is -0.828. The first kappa shape index (κ1) is 15.1. The summed E-state index contributed by atoms with van der Waals surface area (Å²) in [6.07, 6.45) is 0. The van der Waals surface area contributed by atoms with Gasteiger partial charge in [0.25, 0.3) is 0 Å². The smallest absolute Gasteiger partial charge is 0.159 e. The normalized spacial score (nSPS) is 12.8. The van der Waals surface area contributed by atoms with Gasteiger partial charge in [0.05, 0.1) is 0 Å². The molecule has 1 atom stereocenters. The number of hydrogen-bond donors (Lipinski definition) is 1. The zero-order valence-electron chi connectivity index (χ0n) is 11.4. The summed E-state index contributed by atoms with van der Waals surface area (Å²) in [6, 6.07) is 7.95. The van der Waals surface area contributed by atoms with Crippen LogP contribution in [-0.4, -0.2) is 18.0 Å². The molecule has 0 saturated carbocycles. The van der Waals surface area contributed by atoms with Crippen molar-refractivity contribution in [1.82, 2.24) is 4.90 Å². The van der Waals surface area contributed by atoms with Crippen LogP contribution in [0.5, 0.6) is 0 Å². The van der Waals surface area contributed by atoms with Crippen LogP contribution in [-0.2, 0) is 6.54 Å². The molecule has 2 rings (SSSR count). The molecule has 2 nitrogen and oxygen atoms in total. The molecule has 0 radical (unpaired) electrons. The molecule has 0 spiro atoms. The predicted molar refractivity (Wildman–Crippen MR) is 78.6 cm³/mol. The van der Waals surface area contributed by atoms with Crippen LogP contribution in [0, 0.1) is 11.6 Å².